The first-order valence-corrected chi connectivity index (χ1v) is 10.2. The fourth-order valence-electron chi connectivity index (χ4n) is 3.13. The van der Waals surface area contributed by atoms with Gasteiger partial charge in [0.05, 0.1) is 32.6 Å². The number of nitrogens with one attached hydrogen (secondary N) is 1. The van der Waals surface area contributed by atoms with E-state index in [2.05, 4.69) is 5.32 Å². The number of anilines is 2. The van der Waals surface area contributed by atoms with Crippen molar-refractivity contribution in [1.82, 2.24) is 0 Å². The Labute approximate surface area is 165 Å². The Bertz CT molecular complexity index is 959. The first kappa shape index (κ1) is 19.8. The van der Waals surface area contributed by atoms with Gasteiger partial charge in [0.1, 0.15) is 0 Å². The summed E-state index contributed by atoms with van der Waals surface area (Å²) in [5.41, 5.74) is 1.25. The summed E-state index contributed by atoms with van der Waals surface area (Å²) in [7, 11) is -1.36. The topological polar surface area (TPSA) is 92.8 Å². The lowest BCUT2D eigenvalue weighted by molar-refractivity contribution is -0.122. The van der Waals surface area contributed by atoms with Crippen molar-refractivity contribution in [3.63, 3.8) is 0 Å². The molecule has 0 aromatic heterocycles. The Balaban J connectivity index is 1.79. The molecule has 2 aromatic carbocycles. The predicted molar refractivity (Wildman–Crippen MR) is 106 cm³/mol. The van der Waals surface area contributed by atoms with E-state index < -0.39 is 35.3 Å². The summed E-state index contributed by atoms with van der Waals surface area (Å²) in [6.07, 6.45) is 1.60. The number of benzene rings is 2. The lowest BCUT2D eigenvalue weighted by Crippen LogP contribution is -2.41. The molecular weight excluding hydrogens is 380 g/mol. The molecule has 8 heteroatoms. The van der Waals surface area contributed by atoms with E-state index >= 15 is 0 Å². The Morgan fingerprint density at radius 3 is 2.61 bits per heavy atom. The Hall–Kier alpha value is -3.00. The maximum Gasteiger partial charge on any atom is 0.339 e. The van der Waals surface area contributed by atoms with Gasteiger partial charge in [-0.3, -0.25) is 13.8 Å². The number of para-hydroxylation sites is 2. The molecule has 0 saturated carbocycles. The number of nitrogens with zero attached hydrogens (tertiary/aromatic N) is 1. The van der Waals surface area contributed by atoms with Gasteiger partial charge in [-0.15, -0.1) is 0 Å². The van der Waals surface area contributed by atoms with Crippen molar-refractivity contribution in [2.75, 3.05) is 23.1 Å². The molecule has 2 atom stereocenters. The van der Waals surface area contributed by atoms with E-state index in [1.165, 1.54) is 17.2 Å². The molecule has 0 radical (unpaired) electrons. The maximum absolute atomic E-state index is 12.8. The quantitative estimate of drug-likeness (QED) is 0.796. The van der Waals surface area contributed by atoms with Crippen LogP contribution in [0.2, 0.25) is 0 Å². The second-order valence-electron chi connectivity index (χ2n) is 6.41. The molecule has 146 valence electrons. The fraction of sp³-hybridized carbons (Fsp3) is 0.250. The van der Waals surface area contributed by atoms with Crippen molar-refractivity contribution in [3.8, 4) is 0 Å². The average molecular weight is 400 g/mol. The lowest BCUT2D eigenvalue weighted by atomic mass is 10.1. The van der Waals surface area contributed by atoms with Gasteiger partial charge in [-0.1, -0.05) is 24.3 Å². The normalized spacial score (nSPS) is 17.1. The van der Waals surface area contributed by atoms with Crippen LogP contribution in [0.5, 0.6) is 0 Å². The van der Waals surface area contributed by atoms with E-state index in [0.717, 1.165) is 0 Å². The van der Waals surface area contributed by atoms with Crippen LogP contribution in [-0.4, -0.2) is 40.9 Å². The molecule has 0 fully saturated rings. The minimum absolute atomic E-state index is 0.131. The summed E-state index contributed by atoms with van der Waals surface area (Å²) in [4.78, 5) is 39.1. The molecule has 3 rings (SSSR count). The third-order valence-electron chi connectivity index (χ3n) is 4.37. The van der Waals surface area contributed by atoms with Crippen molar-refractivity contribution in [3.05, 3.63) is 54.1 Å². The molecule has 1 heterocycles. The second kappa shape index (κ2) is 8.35. The van der Waals surface area contributed by atoms with Gasteiger partial charge in [0.25, 0.3) is 5.91 Å². The van der Waals surface area contributed by atoms with Gasteiger partial charge in [0, 0.05) is 18.7 Å². The molecule has 0 unspecified atom stereocenters. The SMILES string of the molecule is C[C@H]1CC(=O)Nc2ccccc2N1C(=O)COC(=O)c1ccccc1[S@@](C)=O. The van der Waals surface area contributed by atoms with Crippen LogP contribution in [0.4, 0.5) is 11.4 Å². The molecule has 0 bridgehead atoms. The molecule has 2 amide bonds. The van der Waals surface area contributed by atoms with E-state index in [-0.39, 0.29) is 17.9 Å². The van der Waals surface area contributed by atoms with E-state index in [4.69, 9.17) is 4.74 Å². The fourth-order valence-corrected chi connectivity index (χ4v) is 3.86. The Kier molecular flexibility index (Phi) is 5.89. The van der Waals surface area contributed by atoms with Crippen molar-refractivity contribution < 1.29 is 23.3 Å². The molecule has 0 aliphatic carbocycles. The third-order valence-corrected chi connectivity index (χ3v) is 5.35. The van der Waals surface area contributed by atoms with Crippen LogP contribution in [0.3, 0.4) is 0 Å². The molecule has 0 saturated heterocycles. The van der Waals surface area contributed by atoms with Gasteiger partial charge in [-0.05, 0) is 31.2 Å². The standard InChI is InChI=1S/C20H20N2O5S/c1-13-11-18(23)21-15-8-4-5-9-16(15)22(13)19(24)12-27-20(25)14-7-3-6-10-17(14)28(2)26/h3-10,13H,11-12H2,1-2H3,(H,21,23)/t13-,28+/m0/s1. The first-order valence-electron chi connectivity index (χ1n) is 8.69. The van der Waals surface area contributed by atoms with Crippen molar-refractivity contribution in [2.24, 2.45) is 0 Å². The molecule has 7 nitrogen and oxygen atoms in total. The van der Waals surface area contributed by atoms with Crippen molar-refractivity contribution >= 4 is 40.0 Å². The zero-order valence-electron chi connectivity index (χ0n) is 15.5. The van der Waals surface area contributed by atoms with Gasteiger partial charge in [0.2, 0.25) is 5.91 Å². The van der Waals surface area contributed by atoms with E-state index in [1.807, 2.05) is 0 Å². The first-order chi connectivity index (χ1) is 13.4. The minimum Gasteiger partial charge on any atom is -0.452 e. The smallest absolute Gasteiger partial charge is 0.339 e. The molecule has 28 heavy (non-hydrogen) atoms. The molecular formula is C20H20N2O5S. The highest BCUT2D eigenvalue weighted by Crippen LogP contribution is 2.31. The highest BCUT2D eigenvalue weighted by molar-refractivity contribution is 7.84. The zero-order valence-corrected chi connectivity index (χ0v) is 16.3. The molecule has 1 N–H and O–H groups in total. The lowest BCUT2D eigenvalue weighted by Gasteiger charge is -2.27. The summed E-state index contributed by atoms with van der Waals surface area (Å²) in [5.74, 6) is -1.35. The maximum atomic E-state index is 12.8. The van der Waals surface area contributed by atoms with Crippen LogP contribution >= 0.6 is 0 Å². The summed E-state index contributed by atoms with van der Waals surface area (Å²) in [5, 5.41) is 2.77. The summed E-state index contributed by atoms with van der Waals surface area (Å²) in [6, 6.07) is 13.0. The van der Waals surface area contributed by atoms with Crippen LogP contribution in [0.25, 0.3) is 0 Å². The number of fused-ring (bicyclic) bond motifs is 1. The Morgan fingerprint density at radius 2 is 1.86 bits per heavy atom. The zero-order chi connectivity index (χ0) is 20.3. The summed E-state index contributed by atoms with van der Waals surface area (Å²) >= 11 is 0. The van der Waals surface area contributed by atoms with Crippen LogP contribution in [0, 0.1) is 0 Å². The van der Waals surface area contributed by atoms with E-state index in [9.17, 15) is 18.6 Å². The Morgan fingerprint density at radius 1 is 1.18 bits per heavy atom. The number of carbonyl (C=O) groups excluding carboxylic acids is 3. The number of carbonyl (C=O) groups is 3. The number of amides is 2. The predicted octanol–water partition coefficient (Wildman–Crippen LogP) is 2.34. The second-order valence-corrected chi connectivity index (χ2v) is 7.76. The summed E-state index contributed by atoms with van der Waals surface area (Å²) < 4.78 is 17.0. The van der Waals surface area contributed by atoms with Gasteiger partial charge < -0.3 is 15.0 Å². The number of ether oxygens (including phenoxy) is 1. The van der Waals surface area contributed by atoms with E-state index in [1.54, 1.807) is 49.4 Å². The molecule has 1 aliphatic heterocycles. The largest absolute Gasteiger partial charge is 0.452 e. The van der Waals surface area contributed by atoms with Gasteiger partial charge in [0.15, 0.2) is 6.61 Å². The number of hydrogen-bond acceptors (Lipinski definition) is 5. The third kappa shape index (κ3) is 4.12. The van der Waals surface area contributed by atoms with Gasteiger partial charge >= 0.3 is 5.97 Å². The van der Waals surface area contributed by atoms with E-state index in [0.29, 0.717) is 16.3 Å². The average Bonchev–Trinajstić information content (AvgIpc) is 2.80. The van der Waals surface area contributed by atoms with Gasteiger partial charge in [-0.25, -0.2) is 4.79 Å². The molecule has 2 aromatic rings. The highest BCUT2D eigenvalue weighted by atomic mass is 32.2. The van der Waals surface area contributed by atoms with Crippen molar-refractivity contribution in [1.29, 1.82) is 0 Å². The monoisotopic (exact) mass is 400 g/mol. The number of rotatable bonds is 4. The molecule has 0 spiro atoms. The van der Waals surface area contributed by atoms with Crippen LogP contribution < -0.4 is 10.2 Å². The molecule has 1 aliphatic rings. The van der Waals surface area contributed by atoms with Crippen LogP contribution in [-0.2, 0) is 25.1 Å². The number of hydrogen-bond donors (Lipinski definition) is 1. The number of esters is 1. The highest BCUT2D eigenvalue weighted by Gasteiger charge is 2.30. The van der Waals surface area contributed by atoms with Gasteiger partial charge in [-0.2, -0.15) is 0 Å². The minimum atomic E-state index is -1.36. The summed E-state index contributed by atoms with van der Waals surface area (Å²) in [6.45, 7) is 1.27. The van der Waals surface area contributed by atoms with Crippen molar-refractivity contribution in [2.45, 2.75) is 24.3 Å². The van der Waals surface area contributed by atoms with Crippen LogP contribution in [0.15, 0.2) is 53.4 Å². The van der Waals surface area contributed by atoms with Crippen LogP contribution in [0.1, 0.15) is 23.7 Å².